The second kappa shape index (κ2) is 8.53. The van der Waals surface area contributed by atoms with Crippen molar-refractivity contribution in [1.29, 1.82) is 0 Å². The molecule has 0 bridgehead atoms. The third kappa shape index (κ3) is 5.48. The van der Waals surface area contributed by atoms with Crippen molar-refractivity contribution in [2.45, 2.75) is 33.9 Å². The van der Waals surface area contributed by atoms with Crippen molar-refractivity contribution in [2.75, 3.05) is 19.5 Å². The van der Waals surface area contributed by atoms with Crippen LogP contribution in [0.3, 0.4) is 0 Å². The van der Waals surface area contributed by atoms with Crippen LogP contribution in [-0.2, 0) is 17.9 Å². The van der Waals surface area contributed by atoms with Gasteiger partial charge in [-0.2, -0.15) is 0 Å². The lowest BCUT2D eigenvalue weighted by molar-refractivity contribution is 0.0948. The molecule has 154 valence electrons. The van der Waals surface area contributed by atoms with E-state index >= 15 is 0 Å². The van der Waals surface area contributed by atoms with Crippen molar-refractivity contribution >= 4 is 22.7 Å². The zero-order valence-corrected chi connectivity index (χ0v) is 17.2. The molecule has 0 saturated heterocycles. The van der Waals surface area contributed by atoms with Crippen molar-refractivity contribution in [3.8, 4) is 5.75 Å². The molecular formula is C22H27N3O4. The fraction of sp³-hybridized carbons (Fsp3) is 0.364. The number of furan rings is 1. The van der Waals surface area contributed by atoms with Crippen LogP contribution in [0.5, 0.6) is 5.75 Å². The van der Waals surface area contributed by atoms with Gasteiger partial charge in [0.1, 0.15) is 22.9 Å². The van der Waals surface area contributed by atoms with Crippen LogP contribution >= 0.6 is 0 Å². The molecule has 0 atom stereocenters. The molecule has 0 aliphatic heterocycles. The number of anilines is 1. The number of nitrogens with two attached hydrogens (primary N) is 1. The summed E-state index contributed by atoms with van der Waals surface area (Å²) >= 11 is 0. The molecule has 0 aliphatic carbocycles. The number of benzene rings is 1. The summed E-state index contributed by atoms with van der Waals surface area (Å²) in [6.45, 7) is 7.55. The minimum absolute atomic E-state index is 0.0754. The summed E-state index contributed by atoms with van der Waals surface area (Å²) in [4.78, 5) is 16.6. The van der Waals surface area contributed by atoms with Crippen LogP contribution in [-0.4, -0.2) is 24.6 Å². The summed E-state index contributed by atoms with van der Waals surface area (Å²) in [6, 6.07) is 11.0. The Morgan fingerprint density at radius 1 is 1.21 bits per heavy atom. The van der Waals surface area contributed by atoms with Crippen LogP contribution in [0, 0.1) is 5.41 Å². The van der Waals surface area contributed by atoms with E-state index in [1.54, 1.807) is 19.2 Å². The van der Waals surface area contributed by atoms with Gasteiger partial charge in [-0.1, -0.05) is 20.8 Å². The first kappa shape index (κ1) is 20.7. The van der Waals surface area contributed by atoms with Crippen LogP contribution in [0.1, 0.15) is 42.6 Å². The van der Waals surface area contributed by atoms with Gasteiger partial charge in [0.2, 0.25) is 0 Å². The van der Waals surface area contributed by atoms with Gasteiger partial charge < -0.3 is 24.9 Å². The van der Waals surface area contributed by atoms with Crippen LogP contribution < -0.4 is 15.8 Å². The van der Waals surface area contributed by atoms with Gasteiger partial charge in [-0.05, 0) is 35.7 Å². The molecule has 3 rings (SSSR count). The third-order valence-corrected chi connectivity index (χ3v) is 4.16. The Balaban J connectivity index is 1.65. The molecule has 7 heteroatoms. The summed E-state index contributed by atoms with van der Waals surface area (Å²) in [5, 5.41) is 3.76. The fourth-order valence-corrected chi connectivity index (χ4v) is 2.74. The quantitative estimate of drug-likeness (QED) is 0.627. The van der Waals surface area contributed by atoms with Gasteiger partial charge in [0.05, 0.1) is 31.0 Å². The first-order valence-corrected chi connectivity index (χ1v) is 9.43. The SMILES string of the molecule is COCc1ccc(C(=O)NCc2cc3ccc(OCC(C)(C)C)cc3o2)c(N)n1. The average molecular weight is 397 g/mol. The molecule has 29 heavy (non-hydrogen) atoms. The number of rotatable bonds is 7. The van der Waals surface area contributed by atoms with Gasteiger partial charge in [0.25, 0.3) is 5.91 Å². The van der Waals surface area contributed by atoms with E-state index in [4.69, 9.17) is 19.6 Å². The van der Waals surface area contributed by atoms with E-state index in [0.717, 1.165) is 11.1 Å². The molecule has 1 aromatic carbocycles. The zero-order chi connectivity index (χ0) is 21.0. The van der Waals surface area contributed by atoms with E-state index in [-0.39, 0.29) is 23.7 Å². The largest absolute Gasteiger partial charge is 0.493 e. The van der Waals surface area contributed by atoms with Crippen LogP contribution in [0.2, 0.25) is 0 Å². The molecule has 0 spiro atoms. The van der Waals surface area contributed by atoms with E-state index < -0.39 is 0 Å². The zero-order valence-electron chi connectivity index (χ0n) is 17.2. The molecule has 1 amide bonds. The maximum absolute atomic E-state index is 12.4. The van der Waals surface area contributed by atoms with Gasteiger partial charge in [0, 0.05) is 18.6 Å². The monoisotopic (exact) mass is 397 g/mol. The Kier molecular flexibility index (Phi) is 6.08. The number of aromatic nitrogens is 1. The minimum Gasteiger partial charge on any atom is -0.493 e. The Morgan fingerprint density at radius 2 is 2.00 bits per heavy atom. The summed E-state index contributed by atoms with van der Waals surface area (Å²) in [5.41, 5.74) is 7.67. The summed E-state index contributed by atoms with van der Waals surface area (Å²) in [6.07, 6.45) is 0. The molecule has 3 N–H and O–H groups in total. The topological polar surface area (TPSA) is 99.6 Å². The number of ether oxygens (including phenoxy) is 2. The second-order valence-electron chi connectivity index (χ2n) is 8.11. The van der Waals surface area contributed by atoms with Crippen molar-refractivity contribution in [3.05, 3.63) is 53.4 Å². The second-order valence-corrected chi connectivity index (χ2v) is 8.11. The molecule has 0 radical (unpaired) electrons. The molecular weight excluding hydrogens is 370 g/mol. The number of nitrogen functional groups attached to an aromatic ring is 1. The smallest absolute Gasteiger partial charge is 0.255 e. The van der Waals surface area contributed by atoms with Gasteiger partial charge in [-0.15, -0.1) is 0 Å². The molecule has 0 aliphatic rings. The number of nitrogens with one attached hydrogen (secondary N) is 1. The van der Waals surface area contributed by atoms with Crippen molar-refractivity contribution in [2.24, 2.45) is 5.41 Å². The number of hydrogen-bond donors (Lipinski definition) is 2. The molecule has 2 aromatic heterocycles. The number of carbonyl (C=O) groups is 1. The highest BCUT2D eigenvalue weighted by atomic mass is 16.5. The van der Waals surface area contributed by atoms with E-state index in [1.807, 2.05) is 24.3 Å². The highest BCUT2D eigenvalue weighted by Crippen LogP contribution is 2.26. The van der Waals surface area contributed by atoms with Gasteiger partial charge in [-0.3, -0.25) is 4.79 Å². The predicted molar refractivity (Wildman–Crippen MR) is 112 cm³/mol. The number of nitrogens with zero attached hydrogens (tertiary/aromatic N) is 1. The van der Waals surface area contributed by atoms with Crippen LogP contribution in [0.15, 0.2) is 40.8 Å². The number of pyridine rings is 1. The number of fused-ring (bicyclic) bond motifs is 1. The van der Waals surface area contributed by atoms with Crippen molar-refractivity contribution < 1.29 is 18.7 Å². The number of carbonyl (C=O) groups excluding carboxylic acids is 1. The maximum atomic E-state index is 12.4. The Labute approximate surface area is 170 Å². The standard InChI is InChI=1S/C22H27N3O4/c1-22(2,3)13-28-16-7-5-14-9-17(29-19(14)10-16)11-24-21(26)18-8-6-15(12-27-4)25-20(18)23/h5-10H,11-13H2,1-4H3,(H2,23,25)(H,24,26). The minimum atomic E-state index is -0.311. The van der Waals surface area contributed by atoms with Gasteiger partial charge in [0.15, 0.2) is 0 Å². The first-order chi connectivity index (χ1) is 13.7. The van der Waals surface area contributed by atoms with Crippen LogP contribution in [0.4, 0.5) is 5.82 Å². The lowest BCUT2D eigenvalue weighted by Gasteiger charge is -2.18. The molecule has 0 unspecified atom stereocenters. The summed E-state index contributed by atoms with van der Waals surface area (Å²) in [7, 11) is 1.57. The van der Waals surface area contributed by atoms with E-state index in [2.05, 4.69) is 31.1 Å². The molecule has 0 saturated carbocycles. The Bertz CT molecular complexity index is 1000. The normalized spacial score (nSPS) is 11.6. The molecule has 3 aromatic rings. The highest BCUT2D eigenvalue weighted by Gasteiger charge is 2.14. The van der Waals surface area contributed by atoms with E-state index in [9.17, 15) is 4.79 Å². The maximum Gasteiger partial charge on any atom is 0.255 e. The predicted octanol–water partition coefficient (Wildman–Crippen LogP) is 3.91. The lowest BCUT2D eigenvalue weighted by Crippen LogP contribution is -2.24. The van der Waals surface area contributed by atoms with Gasteiger partial charge >= 0.3 is 0 Å². The molecule has 2 heterocycles. The average Bonchev–Trinajstić information content (AvgIpc) is 3.06. The summed E-state index contributed by atoms with van der Waals surface area (Å²) in [5.74, 6) is 1.26. The third-order valence-electron chi connectivity index (χ3n) is 4.16. The van der Waals surface area contributed by atoms with Crippen LogP contribution in [0.25, 0.3) is 11.0 Å². The van der Waals surface area contributed by atoms with Crippen molar-refractivity contribution in [3.63, 3.8) is 0 Å². The fourth-order valence-electron chi connectivity index (χ4n) is 2.74. The lowest BCUT2D eigenvalue weighted by atomic mass is 9.99. The number of hydrogen-bond acceptors (Lipinski definition) is 6. The number of amides is 1. The summed E-state index contributed by atoms with van der Waals surface area (Å²) < 4.78 is 16.7. The first-order valence-electron chi connectivity index (χ1n) is 9.43. The van der Waals surface area contributed by atoms with Gasteiger partial charge in [-0.25, -0.2) is 4.98 Å². The number of methoxy groups -OCH3 is 1. The van der Waals surface area contributed by atoms with Crippen molar-refractivity contribution in [1.82, 2.24) is 10.3 Å². The molecule has 0 fully saturated rings. The van der Waals surface area contributed by atoms with E-state index in [0.29, 0.717) is 35.8 Å². The van der Waals surface area contributed by atoms with E-state index in [1.165, 1.54) is 0 Å². The molecule has 7 nitrogen and oxygen atoms in total. The Morgan fingerprint density at radius 3 is 2.69 bits per heavy atom. The highest BCUT2D eigenvalue weighted by molar-refractivity contribution is 5.98. The Hall–Kier alpha value is -3.06.